The van der Waals surface area contributed by atoms with E-state index in [1.165, 1.54) is 0 Å². The standard InChI is InChI=1S/C20H30ClN3O4/c1-28-13-12-22-8-10-23(11-9-22)15-20(27)6-7-24(14-18(20)25)19(26)16-2-4-17(21)5-3-16/h2-5,18,25,27H,6-15H2,1H3/t18-,20-/m0/s1. The Morgan fingerprint density at radius 1 is 1.18 bits per heavy atom. The summed E-state index contributed by atoms with van der Waals surface area (Å²) >= 11 is 5.88. The van der Waals surface area contributed by atoms with Crippen LogP contribution in [0.2, 0.25) is 5.02 Å². The van der Waals surface area contributed by atoms with Crippen molar-refractivity contribution in [1.82, 2.24) is 14.7 Å². The summed E-state index contributed by atoms with van der Waals surface area (Å²) in [5.41, 5.74) is -0.653. The van der Waals surface area contributed by atoms with Gasteiger partial charge in [0.25, 0.3) is 5.91 Å². The molecule has 2 fully saturated rings. The molecule has 0 spiro atoms. The Morgan fingerprint density at radius 3 is 2.43 bits per heavy atom. The van der Waals surface area contributed by atoms with Crippen LogP contribution in [0.1, 0.15) is 16.8 Å². The van der Waals surface area contributed by atoms with Gasteiger partial charge in [-0.2, -0.15) is 0 Å². The predicted octanol–water partition coefficient (Wildman–Crippen LogP) is 0.542. The number of methoxy groups -OCH3 is 1. The van der Waals surface area contributed by atoms with Crippen molar-refractivity contribution in [1.29, 1.82) is 0 Å². The SMILES string of the molecule is COCCN1CCN(C[C@@]2(O)CCN(C(=O)c3ccc(Cl)cc3)C[C@@H]2O)CC1. The Bertz CT molecular complexity index is 651. The smallest absolute Gasteiger partial charge is 0.253 e. The molecule has 2 atom stereocenters. The number of ether oxygens (including phenoxy) is 1. The van der Waals surface area contributed by atoms with Gasteiger partial charge in [-0.3, -0.25) is 14.6 Å². The van der Waals surface area contributed by atoms with Gasteiger partial charge in [0, 0.05) is 70.1 Å². The molecule has 0 bridgehead atoms. The van der Waals surface area contributed by atoms with Crippen LogP contribution in [0.5, 0.6) is 0 Å². The lowest BCUT2D eigenvalue weighted by Crippen LogP contribution is -2.62. The molecule has 0 unspecified atom stereocenters. The van der Waals surface area contributed by atoms with Crippen LogP contribution in [0.3, 0.4) is 0 Å². The third-order valence-corrected chi connectivity index (χ3v) is 6.03. The van der Waals surface area contributed by atoms with E-state index in [4.69, 9.17) is 16.3 Å². The van der Waals surface area contributed by atoms with Crippen molar-refractivity contribution in [2.75, 3.05) is 66.1 Å². The zero-order chi connectivity index (χ0) is 20.1. The molecule has 2 N–H and O–H groups in total. The van der Waals surface area contributed by atoms with Crippen molar-refractivity contribution in [2.24, 2.45) is 0 Å². The Kier molecular flexibility index (Phi) is 7.31. The van der Waals surface area contributed by atoms with E-state index >= 15 is 0 Å². The molecule has 0 aliphatic carbocycles. The van der Waals surface area contributed by atoms with Gasteiger partial charge in [0.1, 0.15) is 11.7 Å². The molecule has 3 rings (SSSR count). The summed E-state index contributed by atoms with van der Waals surface area (Å²) in [4.78, 5) is 18.8. The minimum absolute atomic E-state index is 0.131. The molecule has 0 radical (unpaired) electrons. The fraction of sp³-hybridized carbons (Fsp3) is 0.650. The summed E-state index contributed by atoms with van der Waals surface area (Å²) in [6.45, 7) is 6.18. The van der Waals surface area contributed by atoms with Crippen molar-refractivity contribution in [3.63, 3.8) is 0 Å². The number of likely N-dealkylation sites (tertiary alicyclic amines) is 1. The molecule has 1 aromatic carbocycles. The molecule has 8 heteroatoms. The lowest BCUT2D eigenvalue weighted by molar-refractivity contribution is -0.128. The maximum atomic E-state index is 12.6. The monoisotopic (exact) mass is 411 g/mol. The van der Waals surface area contributed by atoms with E-state index in [0.717, 1.165) is 39.3 Å². The first-order valence-corrected chi connectivity index (χ1v) is 10.2. The number of halogens is 1. The Morgan fingerprint density at radius 2 is 1.82 bits per heavy atom. The molecular formula is C20H30ClN3O4. The minimum Gasteiger partial charge on any atom is -0.388 e. The van der Waals surface area contributed by atoms with Crippen LogP contribution in [0, 0.1) is 0 Å². The number of piperazine rings is 1. The number of hydrogen-bond acceptors (Lipinski definition) is 6. The van der Waals surface area contributed by atoms with Gasteiger partial charge < -0.3 is 19.8 Å². The predicted molar refractivity (Wildman–Crippen MR) is 108 cm³/mol. The lowest BCUT2D eigenvalue weighted by Gasteiger charge is -2.45. The normalized spacial score (nSPS) is 27.1. The second kappa shape index (κ2) is 9.52. The van der Waals surface area contributed by atoms with E-state index in [-0.39, 0.29) is 12.5 Å². The summed E-state index contributed by atoms with van der Waals surface area (Å²) in [7, 11) is 1.71. The Balaban J connectivity index is 1.51. The summed E-state index contributed by atoms with van der Waals surface area (Å²) < 4.78 is 5.12. The summed E-state index contributed by atoms with van der Waals surface area (Å²) in [6, 6.07) is 6.72. The highest BCUT2D eigenvalue weighted by Gasteiger charge is 2.43. The molecular weight excluding hydrogens is 382 g/mol. The van der Waals surface area contributed by atoms with Gasteiger partial charge in [-0.25, -0.2) is 0 Å². The number of amides is 1. The van der Waals surface area contributed by atoms with Crippen molar-refractivity contribution < 1.29 is 19.7 Å². The van der Waals surface area contributed by atoms with Crippen molar-refractivity contribution in [2.45, 2.75) is 18.1 Å². The molecule has 1 aromatic rings. The van der Waals surface area contributed by atoms with Crippen LogP contribution in [0.25, 0.3) is 0 Å². The number of benzene rings is 1. The maximum absolute atomic E-state index is 12.6. The Hall–Kier alpha value is -1.22. The van der Waals surface area contributed by atoms with Gasteiger partial charge in [0.2, 0.25) is 0 Å². The number of aliphatic hydroxyl groups excluding tert-OH is 1. The van der Waals surface area contributed by atoms with Crippen LogP contribution in [-0.4, -0.2) is 109 Å². The van der Waals surface area contributed by atoms with Gasteiger partial charge in [0.15, 0.2) is 0 Å². The maximum Gasteiger partial charge on any atom is 0.253 e. The third-order valence-electron chi connectivity index (χ3n) is 5.78. The van der Waals surface area contributed by atoms with Gasteiger partial charge in [-0.1, -0.05) is 11.6 Å². The highest BCUT2D eigenvalue weighted by Crippen LogP contribution is 2.26. The highest BCUT2D eigenvalue weighted by molar-refractivity contribution is 6.30. The van der Waals surface area contributed by atoms with Crippen LogP contribution in [-0.2, 0) is 4.74 Å². The fourth-order valence-electron chi connectivity index (χ4n) is 3.89. The third kappa shape index (κ3) is 5.23. The minimum atomic E-state index is -1.19. The van der Waals surface area contributed by atoms with Gasteiger partial charge in [0.05, 0.1) is 6.61 Å². The quantitative estimate of drug-likeness (QED) is 0.711. The molecule has 0 aromatic heterocycles. The van der Waals surface area contributed by atoms with Crippen molar-refractivity contribution >= 4 is 17.5 Å². The van der Waals surface area contributed by atoms with Crippen molar-refractivity contribution in [3.8, 4) is 0 Å². The summed E-state index contributed by atoms with van der Waals surface area (Å²) in [5.74, 6) is -0.149. The van der Waals surface area contributed by atoms with E-state index in [0.29, 0.717) is 30.1 Å². The zero-order valence-corrected chi connectivity index (χ0v) is 17.1. The topological polar surface area (TPSA) is 76.5 Å². The van der Waals surface area contributed by atoms with Crippen LogP contribution in [0.4, 0.5) is 0 Å². The Labute approximate surface area is 171 Å². The average Bonchev–Trinajstić information content (AvgIpc) is 2.70. The average molecular weight is 412 g/mol. The number of aliphatic hydroxyl groups is 2. The van der Waals surface area contributed by atoms with Crippen LogP contribution < -0.4 is 0 Å². The first-order chi connectivity index (χ1) is 13.4. The molecule has 2 aliphatic heterocycles. The summed E-state index contributed by atoms with van der Waals surface area (Å²) in [5, 5.41) is 22.2. The molecule has 2 saturated heterocycles. The fourth-order valence-corrected chi connectivity index (χ4v) is 4.01. The van der Waals surface area contributed by atoms with Gasteiger partial charge in [-0.05, 0) is 30.7 Å². The zero-order valence-electron chi connectivity index (χ0n) is 16.4. The lowest BCUT2D eigenvalue weighted by atomic mass is 9.87. The summed E-state index contributed by atoms with van der Waals surface area (Å²) in [6.07, 6.45) is -0.610. The first-order valence-electron chi connectivity index (χ1n) is 9.80. The largest absolute Gasteiger partial charge is 0.388 e. The molecule has 0 saturated carbocycles. The van der Waals surface area contributed by atoms with Crippen molar-refractivity contribution in [3.05, 3.63) is 34.9 Å². The van der Waals surface area contributed by atoms with E-state index < -0.39 is 11.7 Å². The number of carbonyl (C=O) groups excluding carboxylic acids is 1. The first kappa shape index (κ1) is 21.5. The number of β-amino-alcohol motifs (C(OH)–C–C–N with tert-alkyl or cyclic N) is 2. The van der Waals surface area contributed by atoms with Crippen LogP contribution in [0.15, 0.2) is 24.3 Å². The number of hydrogen-bond donors (Lipinski definition) is 2. The number of nitrogens with zero attached hydrogens (tertiary/aromatic N) is 3. The molecule has 28 heavy (non-hydrogen) atoms. The van der Waals surface area contributed by atoms with E-state index in [1.807, 2.05) is 0 Å². The second-order valence-electron chi connectivity index (χ2n) is 7.74. The van der Waals surface area contributed by atoms with Gasteiger partial charge >= 0.3 is 0 Å². The molecule has 1 amide bonds. The number of carbonyl (C=O) groups is 1. The highest BCUT2D eigenvalue weighted by atomic mass is 35.5. The molecule has 156 valence electrons. The van der Waals surface area contributed by atoms with Crippen LogP contribution >= 0.6 is 11.6 Å². The van der Waals surface area contributed by atoms with E-state index in [9.17, 15) is 15.0 Å². The molecule has 2 aliphatic rings. The number of rotatable bonds is 6. The van der Waals surface area contributed by atoms with E-state index in [1.54, 1.807) is 36.3 Å². The number of piperidine rings is 1. The molecule has 2 heterocycles. The second-order valence-corrected chi connectivity index (χ2v) is 8.17. The molecule has 7 nitrogen and oxygen atoms in total. The van der Waals surface area contributed by atoms with E-state index in [2.05, 4.69) is 9.80 Å². The van der Waals surface area contributed by atoms with Gasteiger partial charge in [-0.15, -0.1) is 0 Å².